The van der Waals surface area contributed by atoms with E-state index in [0.717, 1.165) is 5.56 Å². The summed E-state index contributed by atoms with van der Waals surface area (Å²) in [5.41, 5.74) is 1.50. The first-order valence-electron chi connectivity index (χ1n) is 7.25. The monoisotopic (exact) mass is 323 g/mol. The van der Waals surface area contributed by atoms with Crippen LogP contribution >= 0.6 is 0 Å². The largest absolute Gasteiger partial charge is 0.496 e. The highest BCUT2D eigenvalue weighted by Gasteiger charge is 2.21. The number of benzene rings is 2. The van der Waals surface area contributed by atoms with Gasteiger partial charge in [0, 0.05) is 11.6 Å². The molecule has 0 N–H and O–H groups in total. The smallest absolute Gasteiger partial charge is 0.363 e. The van der Waals surface area contributed by atoms with E-state index in [-0.39, 0.29) is 17.4 Å². The molecule has 4 nitrogen and oxygen atoms in total. The lowest BCUT2D eigenvalue weighted by molar-refractivity contribution is -0.129. The fraction of sp³-hybridized carbons (Fsp3) is 0.0526. The minimum absolute atomic E-state index is 0.125. The first-order chi connectivity index (χ1) is 11.7. The van der Waals surface area contributed by atoms with Gasteiger partial charge in [0.2, 0.25) is 5.90 Å². The zero-order valence-corrected chi connectivity index (χ0v) is 12.9. The molecule has 1 aliphatic heterocycles. The number of aliphatic imine (C=N–C) groups is 1. The maximum atomic E-state index is 13.2. The average Bonchev–Trinajstić information content (AvgIpc) is 2.93. The standard InChI is InChI=1S/C19H14FNO3/c1-23-17-8-3-2-6-14(17)9-10-18-21-16(19(22)24-18)12-13-5-4-7-15(20)11-13/h2-12H,1H3. The van der Waals surface area contributed by atoms with E-state index >= 15 is 0 Å². The van der Waals surface area contributed by atoms with Crippen molar-refractivity contribution in [2.75, 3.05) is 7.11 Å². The van der Waals surface area contributed by atoms with Gasteiger partial charge in [-0.15, -0.1) is 0 Å². The summed E-state index contributed by atoms with van der Waals surface area (Å²) in [6, 6.07) is 13.3. The second kappa shape index (κ2) is 6.91. The summed E-state index contributed by atoms with van der Waals surface area (Å²) < 4.78 is 23.5. The lowest BCUT2D eigenvalue weighted by Gasteiger charge is -2.02. The molecule has 1 aliphatic rings. The van der Waals surface area contributed by atoms with Gasteiger partial charge in [0.05, 0.1) is 7.11 Å². The third-order valence-corrected chi connectivity index (χ3v) is 3.33. The summed E-state index contributed by atoms with van der Waals surface area (Å²) in [4.78, 5) is 16.0. The van der Waals surface area contributed by atoms with Gasteiger partial charge in [0.25, 0.3) is 0 Å². The van der Waals surface area contributed by atoms with Gasteiger partial charge in [0.1, 0.15) is 11.6 Å². The van der Waals surface area contributed by atoms with Crippen LogP contribution in [0.2, 0.25) is 0 Å². The van der Waals surface area contributed by atoms with Crippen LogP contribution in [0.4, 0.5) is 4.39 Å². The van der Waals surface area contributed by atoms with Crippen LogP contribution in [0.25, 0.3) is 12.2 Å². The number of carbonyl (C=O) groups excluding carboxylic acids is 1. The molecule has 0 radical (unpaired) electrons. The molecular formula is C19H14FNO3. The Morgan fingerprint density at radius 1 is 1.12 bits per heavy atom. The van der Waals surface area contributed by atoms with Crippen molar-refractivity contribution >= 4 is 24.0 Å². The molecule has 0 fully saturated rings. The molecular weight excluding hydrogens is 309 g/mol. The Morgan fingerprint density at radius 2 is 1.96 bits per heavy atom. The van der Waals surface area contributed by atoms with Crippen molar-refractivity contribution < 1.29 is 18.7 Å². The third-order valence-electron chi connectivity index (χ3n) is 3.33. The van der Waals surface area contributed by atoms with Gasteiger partial charge in [-0.1, -0.05) is 30.3 Å². The van der Waals surface area contributed by atoms with E-state index in [1.807, 2.05) is 24.3 Å². The lowest BCUT2D eigenvalue weighted by Crippen LogP contribution is -2.01. The van der Waals surface area contributed by atoms with E-state index in [4.69, 9.17) is 9.47 Å². The Bertz CT molecular complexity index is 868. The maximum absolute atomic E-state index is 13.2. The van der Waals surface area contributed by atoms with Gasteiger partial charge >= 0.3 is 5.97 Å². The molecule has 0 aromatic heterocycles. The summed E-state index contributed by atoms with van der Waals surface area (Å²) in [5, 5.41) is 0. The molecule has 0 bridgehead atoms. The van der Waals surface area contributed by atoms with Crippen LogP contribution in [0.5, 0.6) is 5.75 Å². The van der Waals surface area contributed by atoms with Crippen LogP contribution in [0.1, 0.15) is 11.1 Å². The fourth-order valence-corrected chi connectivity index (χ4v) is 2.22. The van der Waals surface area contributed by atoms with Crippen molar-refractivity contribution in [1.82, 2.24) is 0 Å². The molecule has 0 saturated carbocycles. The third kappa shape index (κ3) is 3.57. The molecule has 2 aromatic rings. The number of ether oxygens (including phenoxy) is 2. The van der Waals surface area contributed by atoms with E-state index in [2.05, 4.69) is 4.99 Å². The van der Waals surface area contributed by atoms with Gasteiger partial charge in [-0.2, -0.15) is 0 Å². The number of hydrogen-bond donors (Lipinski definition) is 0. The van der Waals surface area contributed by atoms with Gasteiger partial charge in [0.15, 0.2) is 5.70 Å². The summed E-state index contributed by atoms with van der Waals surface area (Å²) in [7, 11) is 1.58. The number of esters is 1. The molecule has 0 spiro atoms. The Balaban J connectivity index is 1.83. The molecule has 24 heavy (non-hydrogen) atoms. The predicted octanol–water partition coefficient (Wildman–Crippen LogP) is 3.84. The maximum Gasteiger partial charge on any atom is 0.363 e. The van der Waals surface area contributed by atoms with Crippen molar-refractivity contribution in [3.63, 3.8) is 0 Å². The van der Waals surface area contributed by atoms with Crippen molar-refractivity contribution in [3.05, 3.63) is 77.2 Å². The molecule has 0 atom stereocenters. The zero-order chi connectivity index (χ0) is 16.9. The van der Waals surface area contributed by atoms with Crippen LogP contribution < -0.4 is 4.74 Å². The number of halogens is 1. The Labute approximate surface area is 138 Å². The van der Waals surface area contributed by atoms with Gasteiger partial charge in [-0.25, -0.2) is 14.2 Å². The molecule has 1 heterocycles. The fourth-order valence-electron chi connectivity index (χ4n) is 2.22. The van der Waals surface area contributed by atoms with E-state index in [0.29, 0.717) is 11.3 Å². The second-order valence-electron chi connectivity index (χ2n) is 5.00. The molecule has 0 unspecified atom stereocenters. The summed E-state index contributed by atoms with van der Waals surface area (Å²) in [6.07, 6.45) is 4.81. The molecule has 0 aliphatic carbocycles. The summed E-state index contributed by atoms with van der Waals surface area (Å²) in [6.45, 7) is 0. The molecule has 0 amide bonds. The Morgan fingerprint density at radius 3 is 2.75 bits per heavy atom. The first-order valence-corrected chi connectivity index (χ1v) is 7.25. The zero-order valence-electron chi connectivity index (χ0n) is 12.9. The highest BCUT2D eigenvalue weighted by atomic mass is 19.1. The SMILES string of the molecule is COc1ccccc1C=CC1=NC(=Cc2cccc(F)c2)C(=O)O1. The molecule has 0 saturated heterocycles. The number of cyclic esters (lactones) is 1. The average molecular weight is 323 g/mol. The van der Waals surface area contributed by atoms with Crippen LogP contribution in [-0.4, -0.2) is 19.0 Å². The normalized spacial score (nSPS) is 15.7. The Hall–Kier alpha value is -3.21. The summed E-state index contributed by atoms with van der Waals surface area (Å²) >= 11 is 0. The predicted molar refractivity (Wildman–Crippen MR) is 89.9 cm³/mol. The number of carbonyl (C=O) groups is 1. The Kier molecular flexibility index (Phi) is 4.52. The van der Waals surface area contributed by atoms with E-state index in [9.17, 15) is 9.18 Å². The minimum atomic E-state index is -0.570. The van der Waals surface area contributed by atoms with E-state index < -0.39 is 5.97 Å². The number of rotatable bonds is 4. The van der Waals surface area contributed by atoms with Crippen molar-refractivity contribution in [1.29, 1.82) is 0 Å². The number of para-hydroxylation sites is 1. The highest BCUT2D eigenvalue weighted by molar-refractivity contribution is 6.11. The summed E-state index contributed by atoms with van der Waals surface area (Å²) in [5.74, 6) is -0.0716. The number of hydrogen-bond acceptors (Lipinski definition) is 4. The number of nitrogens with zero attached hydrogens (tertiary/aromatic N) is 1. The van der Waals surface area contributed by atoms with Crippen LogP contribution in [0.15, 0.2) is 65.3 Å². The van der Waals surface area contributed by atoms with E-state index in [1.54, 1.807) is 31.4 Å². The first kappa shape index (κ1) is 15.7. The van der Waals surface area contributed by atoms with Crippen LogP contribution in [-0.2, 0) is 9.53 Å². The molecule has 5 heteroatoms. The van der Waals surface area contributed by atoms with Crippen molar-refractivity contribution in [3.8, 4) is 5.75 Å². The number of methoxy groups -OCH3 is 1. The van der Waals surface area contributed by atoms with Gasteiger partial charge in [-0.3, -0.25) is 0 Å². The minimum Gasteiger partial charge on any atom is -0.496 e. The van der Waals surface area contributed by atoms with E-state index in [1.165, 1.54) is 18.2 Å². The van der Waals surface area contributed by atoms with Crippen LogP contribution in [0.3, 0.4) is 0 Å². The molecule has 2 aromatic carbocycles. The van der Waals surface area contributed by atoms with Gasteiger partial charge in [-0.05, 0) is 35.9 Å². The van der Waals surface area contributed by atoms with Gasteiger partial charge < -0.3 is 9.47 Å². The van der Waals surface area contributed by atoms with Crippen LogP contribution in [0, 0.1) is 5.82 Å². The lowest BCUT2D eigenvalue weighted by atomic mass is 10.2. The quantitative estimate of drug-likeness (QED) is 0.634. The molecule has 120 valence electrons. The second-order valence-corrected chi connectivity index (χ2v) is 5.00. The highest BCUT2D eigenvalue weighted by Crippen LogP contribution is 2.20. The topological polar surface area (TPSA) is 47.9 Å². The molecule has 3 rings (SSSR count). The van der Waals surface area contributed by atoms with Crippen molar-refractivity contribution in [2.24, 2.45) is 4.99 Å². The van der Waals surface area contributed by atoms with Crippen molar-refractivity contribution in [2.45, 2.75) is 0 Å².